The number of aryl methyl sites for hydroxylation is 1. The van der Waals surface area contributed by atoms with E-state index < -0.39 is 0 Å². The molecular formula is C13H24N2S. The molecule has 0 spiro atoms. The third kappa shape index (κ3) is 3.29. The van der Waals surface area contributed by atoms with Gasteiger partial charge in [0, 0.05) is 36.3 Å². The zero-order valence-corrected chi connectivity index (χ0v) is 11.9. The van der Waals surface area contributed by atoms with Gasteiger partial charge in [-0.25, -0.2) is 0 Å². The Labute approximate surface area is 104 Å². The molecule has 0 bridgehead atoms. The van der Waals surface area contributed by atoms with Crippen LogP contribution in [0.15, 0.2) is 6.07 Å². The Balaban J connectivity index is 2.54. The van der Waals surface area contributed by atoms with Crippen LogP contribution in [0.1, 0.15) is 30.8 Å². The summed E-state index contributed by atoms with van der Waals surface area (Å²) in [6.07, 6.45) is 2.16. The fourth-order valence-electron chi connectivity index (χ4n) is 2.03. The molecule has 0 aliphatic rings. The quantitative estimate of drug-likeness (QED) is 0.823. The van der Waals surface area contributed by atoms with Crippen LogP contribution in [0.25, 0.3) is 0 Å². The number of hydrogen-bond acceptors (Lipinski definition) is 2. The molecule has 1 aromatic heterocycles. The number of nitrogens with one attached hydrogen (secondary N) is 1. The van der Waals surface area contributed by atoms with Crippen molar-refractivity contribution in [3.8, 4) is 0 Å². The Hall–Kier alpha value is -0.410. The van der Waals surface area contributed by atoms with Crippen LogP contribution < -0.4 is 5.32 Å². The Kier molecular flexibility index (Phi) is 5.42. The molecular weight excluding hydrogens is 216 g/mol. The Morgan fingerprint density at radius 3 is 2.62 bits per heavy atom. The first-order valence-corrected chi connectivity index (χ1v) is 7.28. The summed E-state index contributed by atoms with van der Waals surface area (Å²) >= 11 is 1.91. The Morgan fingerprint density at radius 2 is 2.12 bits per heavy atom. The molecule has 16 heavy (non-hydrogen) atoms. The van der Waals surface area contributed by atoms with E-state index >= 15 is 0 Å². The third-order valence-corrected chi connectivity index (χ3v) is 4.12. The van der Waals surface area contributed by atoms with Gasteiger partial charge in [-0.3, -0.25) is 0 Å². The minimum absolute atomic E-state index is 0.690. The Morgan fingerprint density at radius 1 is 1.44 bits per heavy atom. The molecule has 3 heteroatoms. The minimum Gasteiger partial charge on any atom is -0.349 e. The van der Waals surface area contributed by atoms with E-state index in [9.17, 15) is 0 Å². The van der Waals surface area contributed by atoms with Crippen molar-refractivity contribution in [1.82, 2.24) is 9.88 Å². The van der Waals surface area contributed by atoms with Crippen LogP contribution in [-0.2, 0) is 13.1 Å². The number of aromatic nitrogens is 1. The maximum Gasteiger partial charge on any atom is 0.0223 e. The van der Waals surface area contributed by atoms with Crippen molar-refractivity contribution in [1.29, 1.82) is 0 Å². The van der Waals surface area contributed by atoms with Gasteiger partial charge < -0.3 is 9.88 Å². The summed E-state index contributed by atoms with van der Waals surface area (Å²) in [5.74, 6) is 0. The summed E-state index contributed by atoms with van der Waals surface area (Å²) in [5.41, 5.74) is 4.21. The van der Waals surface area contributed by atoms with E-state index in [2.05, 4.69) is 49.9 Å². The molecule has 92 valence electrons. The fourth-order valence-corrected chi connectivity index (χ4v) is 2.32. The summed E-state index contributed by atoms with van der Waals surface area (Å²) in [4.78, 5) is 0. The molecule has 0 fully saturated rings. The second-order valence-electron chi connectivity index (χ2n) is 4.32. The molecule has 0 amide bonds. The average molecular weight is 240 g/mol. The predicted octanol–water partition coefficient (Wildman–Crippen LogP) is 2.97. The van der Waals surface area contributed by atoms with Crippen LogP contribution in [-0.4, -0.2) is 22.6 Å². The van der Waals surface area contributed by atoms with Crippen molar-refractivity contribution >= 4 is 11.8 Å². The van der Waals surface area contributed by atoms with Gasteiger partial charge in [0.05, 0.1) is 0 Å². The average Bonchev–Trinajstić information content (AvgIpc) is 2.53. The summed E-state index contributed by atoms with van der Waals surface area (Å²) in [5, 5.41) is 4.21. The van der Waals surface area contributed by atoms with Crippen LogP contribution >= 0.6 is 11.8 Å². The lowest BCUT2D eigenvalue weighted by Gasteiger charge is -2.10. The molecule has 1 heterocycles. The summed E-state index contributed by atoms with van der Waals surface area (Å²) in [6.45, 7) is 12.0. The van der Waals surface area contributed by atoms with E-state index in [4.69, 9.17) is 0 Å². The van der Waals surface area contributed by atoms with Crippen LogP contribution in [0.5, 0.6) is 0 Å². The van der Waals surface area contributed by atoms with Crippen molar-refractivity contribution in [3.63, 3.8) is 0 Å². The van der Waals surface area contributed by atoms with Crippen molar-refractivity contribution in [2.75, 3.05) is 12.8 Å². The third-order valence-electron chi connectivity index (χ3n) is 3.14. The van der Waals surface area contributed by atoms with E-state index in [1.807, 2.05) is 11.8 Å². The zero-order valence-electron chi connectivity index (χ0n) is 11.1. The van der Waals surface area contributed by atoms with Gasteiger partial charge >= 0.3 is 0 Å². The molecule has 0 aliphatic heterocycles. The zero-order chi connectivity index (χ0) is 12.1. The first-order chi connectivity index (χ1) is 7.60. The van der Waals surface area contributed by atoms with Gasteiger partial charge in [-0.05, 0) is 38.7 Å². The minimum atomic E-state index is 0.690. The molecule has 1 N–H and O–H groups in total. The normalized spacial score (nSPS) is 13.1. The van der Waals surface area contributed by atoms with Crippen molar-refractivity contribution < 1.29 is 0 Å². The SMILES string of the molecule is CCn1c(C)cc(CNCC(C)SC)c1C. The van der Waals surface area contributed by atoms with Gasteiger partial charge in [-0.2, -0.15) is 11.8 Å². The number of thioether (sulfide) groups is 1. The topological polar surface area (TPSA) is 17.0 Å². The molecule has 0 saturated heterocycles. The van der Waals surface area contributed by atoms with Gasteiger partial charge in [-0.1, -0.05) is 6.92 Å². The standard InChI is InChI=1S/C13H24N2S/c1-6-15-10(2)7-13(12(15)4)9-14-8-11(3)16-5/h7,11,14H,6,8-9H2,1-5H3. The summed E-state index contributed by atoms with van der Waals surface area (Å²) in [7, 11) is 0. The molecule has 1 aromatic rings. The van der Waals surface area contributed by atoms with Gasteiger partial charge in [0.2, 0.25) is 0 Å². The molecule has 2 nitrogen and oxygen atoms in total. The molecule has 1 rings (SSSR count). The van der Waals surface area contributed by atoms with Crippen molar-refractivity contribution in [2.45, 2.75) is 46.0 Å². The first kappa shape index (κ1) is 13.7. The second kappa shape index (κ2) is 6.36. The number of rotatable bonds is 6. The highest BCUT2D eigenvalue weighted by Gasteiger charge is 2.07. The molecule has 1 unspecified atom stereocenters. The van der Waals surface area contributed by atoms with Crippen molar-refractivity contribution in [2.24, 2.45) is 0 Å². The molecule has 1 atom stereocenters. The van der Waals surface area contributed by atoms with Crippen LogP contribution in [0, 0.1) is 13.8 Å². The lowest BCUT2D eigenvalue weighted by molar-refractivity contribution is 0.671. The number of nitrogens with zero attached hydrogens (tertiary/aromatic N) is 1. The number of hydrogen-bond donors (Lipinski definition) is 1. The van der Waals surface area contributed by atoms with E-state index in [1.54, 1.807) is 0 Å². The fraction of sp³-hybridized carbons (Fsp3) is 0.692. The Bertz CT molecular complexity index is 331. The lowest BCUT2D eigenvalue weighted by Crippen LogP contribution is -2.22. The van der Waals surface area contributed by atoms with Gasteiger partial charge in [0.15, 0.2) is 0 Å². The van der Waals surface area contributed by atoms with Crippen LogP contribution in [0.2, 0.25) is 0 Å². The highest BCUT2D eigenvalue weighted by atomic mass is 32.2. The van der Waals surface area contributed by atoms with E-state index in [0.717, 1.165) is 19.6 Å². The van der Waals surface area contributed by atoms with Gasteiger partial charge in [0.25, 0.3) is 0 Å². The first-order valence-electron chi connectivity index (χ1n) is 5.99. The van der Waals surface area contributed by atoms with E-state index in [-0.39, 0.29) is 0 Å². The van der Waals surface area contributed by atoms with E-state index in [0.29, 0.717) is 5.25 Å². The second-order valence-corrected chi connectivity index (χ2v) is 5.59. The summed E-state index contributed by atoms with van der Waals surface area (Å²) in [6, 6.07) is 2.30. The maximum absolute atomic E-state index is 3.52. The molecule has 0 saturated carbocycles. The maximum atomic E-state index is 3.52. The van der Waals surface area contributed by atoms with Crippen molar-refractivity contribution in [3.05, 3.63) is 23.0 Å². The van der Waals surface area contributed by atoms with E-state index in [1.165, 1.54) is 17.0 Å². The highest BCUT2D eigenvalue weighted by Crippen LogP contribution is 2.14. The smallest absolute Gasteiger partial charge is 0.0223 e. The molecule has 0 aliphatic carbocycles. The molecule has 0 radical (unpaired) electrons. The highest BCUT2D eigenvalue weighted by molar-refractivity contribution is 7.99. The predicted molar refractivity (Wildman–Crippen MR) is 74.3 cm³/mol. The summed E-state index contributed by atoms with van der Waals surface area (Å²) < 4.78 is 2.37. The van der Waals surface area contributed by atoms with Crippen LogP contribution in [0.3, 0.4) is 0 Å². The van der Waals surface area contributed by atoms with Gasteiger partial charge in [-0.15, -0.1) is 0 Å². The molecule has 0 aromatic carbocycles. The lowest BCUT2D eigenvalue weighted by atomic mass is 10.2. The largest absolute Gasteiger partial charge is 0.349 e. The van der Waals surface area contributed by atoms with Gasteiger partial charge in [0.1, 0.15) is 0 Å². The van der Waals surface area contributed by atoms with Crippen LogP contribution in [0.4, 0.5) is 0 Å². The monoisotopic (exact) mass is 240 g/mol.